The molecular weight excluding hydrogens is 343 g/mol. The van der Waals surface area contributed by atoms with Gasteiger partial charge in [0.1, 0.15) is 5.82 Å². The van der Waals surface area contributed by atoms with E-state index in [4.69, 9.17) is 0 Å². The molecule has 3 rings (SSSR count). The standard InChI is InChI=1S/C14H8BrFN2OS/c15-10-7-17-4-3-11(10)18-14(19)13-5-8-1-2-9(16)6-12(8)20-13/h1-7H,(H,17,18,19). The molecule has 0 aliphatic carbocycles. The predicted octanol–water partition coefficient (Wildman–Crippen LogP) is 4.45. The first-order valence-corrected chi connectivity index (χ1v) is 7.34. The lowest BCUT2D eigenvalue weighted by molar-refractivity contribution is 0.103. The number of carbonyl (C=O) groups excluding carboxylic acids is 1. The van der Waals surface area contributed by atoms with Crippen LogP contribution in [0.15, 0.2) is 47.2 Å². The summed E-state index contributed by atoms with van der Waals surface area (Å²) < 4.78 is 14.6. The Morgan fingerprint density at radius 3 is 2.95 bits per heavy atom. The number of amides is 1. The Balaban J connectivity index is 1.91. The van der Waals surface area contributed by atoms with E-state index in [-0.39, 0.29) is 11.7 Å². The topological polar surface area (TPSA) is 42.0 Å². The number of anilines is 1. The zero-order valence-electron chi connectivity index (χ0n) is 10.1. The Morgan fingerprint density at radius 2 is 2.15 bits per heavy atom. The van der Waals surface area contributed by atoms with E-state index in [9.17, 15) is 9.18 Å². The molecule has 2 aromatic heterocycles. The maximum Gasteiger partial charge on any atom is 0.265 e. The van der Waals surface area contributed by atoms with Crippen molar-refractivity contribution in [3.05, 3.63) is 57.9 Å². The molecule has 3 aromatic rings. The lowest BCUT2D eigenvalue weighted by Crippen LogP contribution is -2.10. The fraction of sp³-hybridized carbons (Fsp3) is 0. The van der Waals surface area contributed by atoms with E-state index in [0.29, 0.717) is 15.0 Å². The molecule has 1 aromatic carbocycles. The number of hydrogen-bond acceptors (Lipinski definition) is 3. The molecule has 0 atom stereocenters. The summed E-state index contributed by atoms with van der Waals surface area (Å²) >= 11 is 4.58. The van der Waals surface area contributed by atoms with Gasteiger partial charge in [0, 0.05) is 17.1 Å². The number of nitrogens with zero attached hydrogens (tertiary/aromatic N) is 1. The van der Waals surface area contributed by atoms with Crippen molar-refractivity contribution in [1.82, 2.24) is 4.98 Å². The number of pyridine rings is 1. The third kappa shape index (κ3) is 2.57. The number of hydrogen-bond donors (Lipinski definition) is 1. The lowest BCUT2D eigenvalue weighted by atomic mass is 10.2. The summed E-state index contributed by atoms with van der Waals surface area (Å²) in [4.78, 5) is 16.7. The van der Waals surface area contributed by atoms with Crippen LogP contribution >= 0.6 is 27.3 Å². The summed E-state index contributed by atoms with van der Waals surface area (Å²) in [5, 5.41) is 3.65. The molecule has 0 saturated heterocycles. The van der Waals surface area contributed by atoms with Gasteiger partial charge in [-0.15, -0.1) is 11.3 Å². The first kappa shape index (κ1) is 13.2. The Kier molecular flexibility index (Phi) is 3.50. The summed E-state index contributed by atoms with van der Waals surface area (Å²) in [7, 11) is 0. The van der Waals surface area contributed by atoms with E-state index < -0.39 is 0 Å². The van der Waals surface area contributed by atoms with E-state index in [1.807, 2.05) is 0 Å². The minimum atomic E-state index is -0.303. The smallest absolute Gasteiger partial charge is 0.265 e. The van der Waals surface area contributed by atoms with Gasteiger partial charge in [0.2, 0.25) is 0 Å². The van der Waals surface area contributed by atoms with Crippen LogP contribution in [0, 0.1) is 5.82 Å². The van der Waals surface area contributed by atoms with Gasteiger partial charge in [-0.25, -0.2) is 4.39 Å². The largest absolute Gasteiger partial charge is 0.320 e. The number of aromatic nitrogens is 1. The number of halogens is 2. The highest BCUT2D eigenvalue weighted by Gasteiger charge is 2.12. The van der Waals surface area contributed by atoms with Crippen LogP contribution in [-0.2, 0) is 0 Å². The molecular formula is C14H8BrFN2OS. The number of benzene rings is 1. The zero-order valence-corrected chi connectivity index (χ0v) is 12.5. The van der Waals surface area contributed by atoms with E-state index in [1.165, 1.54) is 23.5 Å². The minimum Gasteiger partial charge on any atom is -0.320 e. The summed E-state index contributed by atoms with van der Waals surface area (Å²) in [5.74, 6) is -0.526. The van der Waals surface area contributed by atoms with Crippen molar-refractivity contribution in [2.24, 2.45) is 0 Å². The first-order valence-electron chi connectivity index (χ1n) is 5.73. The molecule has 20 heavy (non-hydrogen) atoms. The number of carbonyl (C=O) groups is 1. The average molecular weight is 351 g/mol. The van der Waals surface area contributed by atoms with E-state index in [2.05, 4.69) is 26.2 Å². The molecule has 3 nitrogen and oxygen atoms in total. The number of rotatable bonds is 2. The van der Waals surface area contributed by atoms with Crippen LogP contribution in [-0.4, -0.2) is 10.9 Å². The second-order valence-corrected chi connectivity index (χ2v) is 6.04. The van der Waals surface area contributed by atoms with Crippen molar-refractivity contribution in [3.8, 4) is 0 Å². The third-order valence-corrected chi connectivity index (χ3v) is 4.46. The van der Waals surface area contributed by atoms with Crippen LogP contribution in [0.1, 0.15) is 9.67 Å². The van der Waals surface area contributed by atoms with Gasteiger partial charge in [-0.3, -0.25) is 9.78 Å². The van der Waals surface area contributed by atoms with Crippen molar-refractivity contribution in [1.29, 1.82) is 0 Å². The molecule has 6 heteroatoms. The molecule has 0 aliphatic heterocycles. The fourth-order valence-electron chi connectivity index (χ4n) is 1.78. The molecule has 0 fully saturated rings. The van der Waals surface area contributed by atoms with Crippen molar-refractivity contribution >= 4 is 48.9 Å². The highest BCUT2D eigenvalue weighted by Crippen LogP contribution is 2.28. The van der Waals surface area contributed by atoms with Gasteiger partial charge in [-0.2, -0.15) is 0 Å². The van der Waals surface area contributed by atoms with Gasteiger partial charge in [0.15, 0.2) is 0 Å². The Labute approximate surface area is 126 Å². The molecule has 0 saturated carbocycles. The molecule has 0 bridgehead atoms. The van der Waals surface area contributed by atoms with Crippen LogP contribution in [0.5, 0.6) is 0 Å². The number of fused-ring (bicyclic) bond motifs is 1. The third-order valence-electron chi connectivity index (χ3n) is 2.73. The van der Waals surface area contributed by atoms with Gasteiger partial charge in [0.25, 0.3) is 5.91 Å². The highest BCUT2D eigenvalue weighted by molar-refractivity contribution is 9.10. The SMILES string of the molecule is O=C(Nc1ccncc1Br)c1cc2ccc(F)cc2s1. The molecule has 0 spiro atoms. The average Bonchev–Trinajstić information content (AvgIpc) is 2.84. The van der Waals surface area contributed by atoms with Crippen molar-refractivity contribution in [3.63, 3.8) is 0 Å². The normalized spacial score (nSPS) is 10.7. The molecule has 0 radical (unpaired) electrons. The molecule has 1 N–H and O–H groups in total. The Morgan fingerprint density at radius 1 is 1.30 bits per heavy atom. The van der Waals surface area contributed by atoms with Crippen LogP contribution < -0.4 is 5.32 Å². The van der Waals surface area contributed by atoms with Crippen molar-refractivity contribution in [2.75, 3.05) is 5.32 Å². The quantitative estimate of drug-likeness (QED) is 0.741. The summed E-state index contributed by atoms with van der Waals surface area (Å²) in [6.45, 7) is 0. The van der Waals surface area contributed by atoms with Crippen LogP contribution in [0.4, 0.5) is 10.1 Å². The number of nitrogens with one attached hydrogen (secondary N) is 1. The molecule has 1 amide bonds. The van der Waals surface area contributed by atoms with Crippen molar-refractivity contribution < 1.29 is 9.18 Å². The lowest BCUT2D eigenvalue weighted by Gasteiger charge is -2.04. The summed E-state index contributed by atoms with van der Waals surface area (Å²) in [5.41, 5.74) is 0.647. The predicted molar refractivity (Wildman–Crippen MR) is 81.7 cm³/mol. The maximum atomic E-state index is 13.1. The van der Waals surface area contributed by atoms with Gasteiger partial charge in [-0.05, 0) is 45.6 Å². The van der Waals surface area contributed by atoms with Gasteiger partial charge < -0.3 is 5.32 Å². The van der Waals surface area contributed by atoms with Gasteiger partial charge in [-0.1, -0.05) is 6.07 Å². The molecule has 100 valence electrons. The van der Waals surface area contributed by atoms with E-state index in [1.54, 1.807) is 30.6 Å². The first-order chi connectivity index (χ1) is 9.63. The second-order valence-electron chi connectivity index (χ2n) is 4.10. The molecule has 0 aliphatic rings. The Hall–Kier alpha value is -1.79. The molecule has 2 heterocycles. The summed E-state index contributed by atoms with van der Waals surface area (Å²) in [6.07, 6.45) is 3.20. The number of thiophene rings is 1. The highest BCUT2D eigenvalue weighted by atomic mass is 79.9. The maximum absolute atomic E-state index is 13.1. The van der Waals surface area contributed by atoms with Gasteiger partial charge in [0.05, 0.1) is 15.0 Å². The second kappa shape index (κ2) is 5.30. The van der Waals surface area contributed by atoms with E-state index >= 15 is 0 Å². The van der Waals surface area contributed by atoms with Crippen LogP contribution in [0.2, 0.25) is 0 Å². The van der Waals surface area contributed by atoms with Crippen LogP contribution in [0.25, 0.3) is 10.1 Å². The van der Waals surface area contributed by atoms with Crippen LogP contribution in [0.3, 0.4) is 0 Å². The Bertz CT molecular complexity index is 803. The monoisotopic (exact) mass is 350 g/mol. The fourth-order valence-corrected chi connectivity index (χ4v) is 3.11. The minimum absolute atomic E-state index is 0.224. The summed E-state index contributed by atoms with van der Waals surface area (Å²) in [6, 6.07) is 7.94. The van der Waals surface area contributed by atoms with Crippen molar-refractivity contribution in [2.45, 2.75) is 0 Å². The zero-order chi connectivity index (χ0) is 14.1. The molecule has 0 unspecified atom stereocenters. The van der Waals surface area contributed by atoms with Gasteiger partial charge >= 0.3 is 0 Å². The van der Waals surface area contributed by atoms with E-state index in [0.717, 1.165) is 10.1 Å².